The van der Waals surface area contributed by atoms with Crippen molar-refractivity contribution < 1.29 is 8.42 Å². The summed E-state index contributed by atoms with van der Waals surface area (Å²) >= 11 is 0. The smallest absolute Gasteiger partial charge is 0.243 e. The van der Waals surface area contributed by atoms with Crippen LogP contribution in [0, 0.1) is 6.92 Å². The van der Waals surface area contributed by atoms with E-state index in [4.69, 9.17) is 4.98 Å². The molecule has 28 heavy (non-hydrogen) atoms. The molecule has 2 heterocycles. The van der Waals surface area contributed by atoms with Gasteiger partial charge in [-0.25, -0.2) is 8.42 Å². The topological polar surface area (TPSA) is 50.3 Å². The molecule has 4 nitrogen and oxygen atoms in total. The van der Waals surface area contributed by atoms with Crippen molar-refractivity contribution in [3.8, 4) is 0 Å². The van der Waals surface area contributed by atoms with E-state index in [1.807, 2.05) is 31.2 Å². The van der Waals surface area contributed by atoms with Gasteiger partial charge in [0.2, 0.25) is 10.0 Å². The number of benzene rings is 2. The number of hydrogen-bond acceptors (Lipinski definition) is 3. The Morgan fingerprint density at radius 2 is 1.64 bits per heavy atom. The molecule has 0 N–H and O–H groups in total. The van der Waals surface area contributed by atoms with Crippen LogP contribution in [0.1, 0.15) is 34.9 Å². The predicted octanol–water partition coefficient (Wildman–Crippen LogP) is 4.16. The molecule has 0 saturated carbocycles. The molecule has 1 atom stereocenters. The monoisotopic (exact) mass is 392 g/mol. The van der Waals surface area contributed by atoms with E-state index in [1.54, 1.807) is 28.6 Å². The van der Waals surface area contributed by atoms with Crippen LogP contribution < -0.4 is 0 Å². The van der Waals surface area contributed by atoms with Crippen molar-refractivity contribution in [1.82, 2.24) is 9.29 Å². The number of nitrogens with zero attached hydrogens (tertiary/aromatic N) is 2. The van der Waals surface area contributed by atoms with Crippen LogP contribution in [0.25, 0.3) is 0 Å². The minimum absolute atomic E-state index is 0.132. The highest BCUT2D eigenvalue weighted by molar-refractivity contribution is 7.89. The lowest BCUT2D eigenvalue weighted by Gasteiger charge is -2.17. The maximum absolute atomic E-state index is 12.9. The SMILES string of the molecule is Cc1cc(Cc2ccccc2)cc([C@H]2CCN(S(=O)(=O)c3ccccc3)C2)n1. The van der Waals surface area contributed by atoms with E-state index >= 15 is 0 Å². The fraction of sp³-hybridized carbons (Fsp3) is 0.261. The van der Waals surface area contributed by atoms with Gasteiger partial charge in [-0.05, 0) is 55.2 Å². The van der Waals surface area contributed by atoms with Crippen LogP contribution in [-0.4, -0.2) is 30.8 Å². The third-order valence-electron chi connectivity index (χ3n) is 5.23. The van der Waals surface area contributed by atoms with Gasteiger partial charge in [-0.1, -0.05) is 48.5 Å². The second kappa shape index (κ2) is 7.86. The van der Waals surface area contributed by atoms with Gasteiger partial charge in [0.1, 0.15) is 0 Å². The molecule has 3 aromatic rings. The van der Waals surface area contributed by atoms with Gasteiger partial charge in [0.25, 0.3) is 0 Å². The zero-order valence-corrected chi connectivity index (χ0v) is 16.8. The molecule has 0 unspecified atom stereocenters. The number of aromatic nitrogens is 1. The first-order valence-electron chi connectivity index (χ1n) is 9.59. The molecule has 0 aliphatic carbocycles. The molecule has 1 aliphatic heterocycles. The zero-order valence-electron chi connectivity index (χ0n) is 16.0. The Morgan fingerprint density at radius 3 is 2.36 bits per heavy atom. The Bertz CT molecular complexity index is 1050. The van der Waals surface area contributed by atoms with Crippen LogP contribution >= 0.6 is 0 Å². The molecule has 0 radical (unpaired) electrons. The van der Waals surface area contributed by atoms with Gasteiger partial charge in [0, 0.05) is 30.4 Å². The molecule has 0 bridgehead atoms. The summed E-state index contributed by atoms with van der Waals surface area (Å²) in [5, 5.41) is 0. The summed E-state index contributed by atoms with van der Waals surface area (Å²) in [5.41, 5.74) is 4.46. The quantitative estimate of drug-likeness (QED) is 0.655. The van der Waals surface area contributed by atoms with Crippen LogP contribution in [0.3, 0.4) is 0 Å². The number of sulfonamides is 1. The predicted molar refractivity (Wildman–Crippen MR) is 111 cm³/mol. The number of pyridine rings is 1. The summed E-state index contributed by atoms with van der Waals surface area (Å²) in [7, 11) is -3.44. The van der Waals surface area contributed by atoms with Crippen molar-refractivity contribution in [2.45, 2.75) is 30.6 Å². The van der Waals surface area contributed by atoms with Crippen LogP contribution in [-0.2, 0) is 16.4 Å². The maximum Gasteiger partial charge on any atom is 0.243 e. The third-order valence-corrected chi connectivity index (χ3v) is 7.11. The molecule has 0 amide bonds. The lowest BCUT2D eigenvalue weighted by molar-refractivity contribution is 0.472. The summed E-state index contributed by atoms with van der Waals surface area (Å²) in [4.78, 5) is 5.08. The summed E-state index contributed by atoms with van der Waals surface area (Å²) in [5.74, 6) is 0.132. The second-order valence-corrected chi connectivity index (χ2v) is 9.30. The van der Waals surface area contributed by atoms with Crippen molar-refractivity contribution in [2.75, 3.05) is 13.1 Å². The highest BCUT2D eigenvalue weighted by Crippen LogP contribution is 2.31. The molecule has 1 aromatic heterocycles. The normalized spacial score (nSPS) is 17.7. The highest BCUT2D eigenvalue weighted by Gasteiger charge is 2.33. The summed E-state index contributed by atoms with van der Waals surface area (Å²) < 4.78 is 27.4. The number of hydrogen-bond donors (Lipinski definition) is 0. The molecular formula is C23H24N2O2S. The van der Waals surface area contributed by atoms with Gasteiger partial charge in [-0.2, -0.15) is 4.31 Å². The molecule has 2 aromatic carbocycles. The molecule has 4 rings (SSSR count). The first kappa shape index (κ1) is 18.8. The van der Waals surface area contributed by atoms with Crippen LogP contribution in [0.2, 0.25) is 0 Å². The van der Waals surface area contributed by atoms with E-state index in [9.17, 15) is 8.42 Å². The lowest BCUT2D eigenvalue weighted by Crippen LogP contribution is -2.28. The van der Waals surface area contributed by atoms with Crippen LogP contribution in [0.15, 0.2) is 77.7 Å². The summed E-state index contributed by atoms with van der Waals surface area (Å²) in [6.07, 6.45) is 1.66. The van der Waals surface area contributed by atoms with Crippen molar-refractivity contribution in [2.24, 2.45) is 0 Å². The molecule has 1 aliphatic rings. The van der Waals surface area contributed by atoms with Gasteiger partial charge < -0.3 is 0 Å². The molecule has 0 spiro atoms. The maximum atomic E-state index is 12.9. The third kappa shape index (κ3) is 4.01. The van der Waals surface area contributed by atoms with E-state index in [2.05, 4.69) is 24.3 Å². The van der Waals surface area contributed by atoms with Crippen molar-refractivity contribution in [1.29, 1.82) is 0 Å². The number of aryl methyl sites for hydroxylation is 1. The Balaban J connectivity index is 1.54. The van der Waals surface area contributed by atoms with Gasteiger partial charge >= 0.3 is 0 Å². The largest absolute Gasteiger partial charge is 0.258 e. The average molecular weight is 393 g/mol. The van der Waals surface area contributed by atoms with E-state index in [0.29, 0.717) is 18.0 Å². The second-order valence-electron chi connectivity index (χ2n) is 7.37. The van der Waals surface area contributed by atoms with Gasteiger partial charge in [-0.15, -0.1) is 0 Å². The number of rotatable bonds is 5. The van der Waals surface area contributed by atoms with E-state index in [0.717, 1.165) is 24.2 Å². The Kier molecular flexibility index (Phi) is 5.29. The summed E-state index contributed by atoms with van der Waals surface area (Å²) in [6.45, 7) is 3.02. The van der Waals surface area contributed by atoms with Gasteiger partial charge in [0.05, 0.1) is 4.90 Å². The molecule has 144 valence electrons. The molecular weight excluding hydrogens is 368 g/mol. The van der Waals surface area contributed by atoms with Gasteiger partial charge in [0.15, 0.2) is 0 Å². The molecule has 1 saturated heterocycles. The van der Waals surface area contributed by atoms with Crippen LogP contribution in [0.4, 0.5) is 0 Å². The average Bonchev–Trinajstić information content (AvgIpc) is 3.20. The minimum Gasteiger partial charge on any atom is -0.258 e. The fourth-order valence-corrected chi connectivity index (χ4v) is 5.36. The van der Waals surface area contributed by atoms with E-state index in [-0.39, 0.29) is 5.92 Å². The fourth-order valence-electron chi connectivity index (χ4n) is 3.84. The Labute approximate surface area is 166 Å². The standard InChI is InChI=1S/C23H24N2O2S/c1-18-14-20(15-19-8-4-2-5-9-19)16-23(24-18)21-12-13-25(17-21)28(26,27)22-10-6-3-7-11-22/h2-11,14,16,21H,12-13,15,17H2,1H3/t21-/m0/s1. The Hall–Kier alpha value is -2.50. The first-order valence-corrected chi connectivity index (χ1v) is 11.0. The minimum atomic E-state index is -3.44. The van der Waals surface area contributed by atoms with Crippen molar-refractivity contribution in [3.05, 3.63) is 95.3 Å². The van der Waals surface area contributed by atoms with E-state index in [1.165, 1.54) is 11.1 Å². The highest BCUT2D eigenvalue weighted by atomic mass is 32.2. The van der Waals surface area contributed by atoms with E-state index < -0.39 is 10.0 Å². The van der Waals surface area contributed by atoms with Gasteiger partial charge in [-0.3, -0.25) is 4.98 Å². The summed E-state index contributed by atoms with van der Waals surface area (Å²) in [6, 6.07) is 23.3. The first-order chi connectivity index (χ1) is 13.5. The van der Waals surface area contributed by atoms with Crippen molar-refractivity contribution in [3.63, 3.8) is 0 Å². The molecule has 1 fully saturated rings. The molecule has 5 heteroatoms. The Morgan fingerprint density at radius 1 is 0.964 bits per heavy atom. The lowest BCUT2D eigenvalue weighted by atomic mass is 9.99. The van der Waals surface area contributed by atoms with Crippen molar-refractivity contribution >= 4 is 10.0 Å². The zero-order chi connectivity index (χ0) is 19.6. The van der Waals surface area contributed by atoms with Crippen LogP contribution in [0.5, 0.6) is 0 Å².